The van der Waals surface area contributed by atoms with E-state index >= 15 is 0 Å². The van der Waals surface area contributed by atoms with Crippen molar-refractivity contribution in [3.63, 3.8) is 0 Å². The third-order valence-electron chi connectivity index (χ3n) is 5.44. The molecule has 0 amide bonds. The molecule has 1 aromatic rings. The molecule has 1 aromatic heterocycles. The van der Waals surface area contributed by atoms with Crippen molar-refractivity contribution in [2.45, 2.75) is 82.6 Å². The Hall–Kier alpha value is -1.34. The third-order valence-corrected chi connectivity index (χ3v) is 5.44. The Morgan fingerprint density at radius 2 is 2.00 bits per heavy atom. The second-order valence-corrected chi connectivity index (χ2v) is 6.88. The van der Waals surface area contributed by atoms with E-state index in [0.29, 0.717) is 18.3 Å². The predicted molar refractivity (Wildman–Crippen MR) is 87.6 cm³/mol. The van der Waals surface area contributed by atoms with E-state index in [1.165, 1.54) is 61.9 Å². The van der Waals surface area contributed by atoms with Crippen LogP contribution in [0.5, 0.6) is 0 Å². The van der Waals surface area contributed by atoms with Crippen LogP contribution in [0.4, 0.5) is 0 Å². The molecule has 4 heteroatoms. The average molecular weight is 300 g/mol. The van der Waals surface area contributed by atoms with Gasteiger partial charge in [0.1, 0.15) is 0 Å². The molecule has 0 aromatic carbocycles. The Labute approximate surface area is 133 Å². The zero-order valence-corrected chi connectivity index (χ0v) is 13.6. The molecule has 0 bridgehead atoms. The fourth-order valence-electron chi connectivity index (χ4n) is 4.41. The van der Waals surface area contributed by atoms with Gasteiger partial charge in [-0.1, -0.05) is 19.3 Å². The molecule has 0 saturated heterocycles. The molecule has 1 saturated carbocycles. The van der Waals surface area contributed by atoms with Crippen LogP contribution in [0.1, 0.15) is 86.6 Å². The third kappa shape index (κ3) is 3.05. The van der Waals surface area contributed by atoms with Crippen LogP contribution >= 0.6 is 0 Å². The maximum Gasteiger partial charge on any atom is 0.0693 e. The summed E-state index contributed by atoms with van der Waals surface area (Å²) in [5.74, 6) is 1.24. The van der Waals surface area contributed by atoms with Gasteiger partial charge in [-0.2, -0.15) is 10.4 Å². The first-order valence-electron chi connectivity index (χ1n) is 9.01. The molecule has 1 fully saturated rings. The van der Waals surface area contributed by atoms with Gasteiger partial charge in [-0.15, -0.1) is 0 Å². The van der Waals surface area contributed by atoms with Gasteiger partial charge in [0.25, 0.3) is 0 Å². The Balaban J connectivity index is 1.96. The van der Waals surface area contributed by atoms with Crippen molar-refractivity contribution in [3.8, 4) is 6.07 Å². The molecule has 2 N–H and O–H groups in total. The molecule has 1 heterocycles. The second kappa shape index (κ2) is 7.28. The average Bonchev–Trinajstić information content (AvgIpc) is 2.94. The van der Waals surface area contributed by atoms with Gasteiger partial charge in [0.2, 0.25) is 0 Å². The van der Waals surface area contributed by atoms with Gasteiger partial charge in [-0.3, -0.25) is 4.68 Å². The van der Waals surface area contributed by atoms with E-state index in [2.05, 4.69) is 10.8 Å². The number of aromatic nitrogens is 2. The van der Waals surface area contributed by atoms with Gasteiger partial charge in [0.05, 0.1) is 24.7 Å². The van der Waals surface area contributed by atoms with Gasteiger partial charge >= 0.3 is 0 Å². The fourth-order valence-corrected chi connectivity index (χ4v) is 4.41. The first-order valence-corrected chi connectivity index (χ1v) is 9.01. The van der Waals surface area contributed by atoms with Crippen LogP contribution in [0, 0.1) is 11.3 Å². The Morgan fingerprint density at radius 1 is 1.18 bits per heavy atom. The summed E-state index contributed by atoms with van der Waals surface area (Å²) in [6.45, 7) is 1.51. The summed E-state index contributed by atoms with van der Waals surface area (Å²) >= 11 is 0. The maximum atomic E-state index is 8.92. The molecule has 22 heavy (non-hydrogen) atoms. The van der Waals surface area contributed by atoms with Gasteiger partial charge in [0, 0.05) is 11.6 Å². The van der Waals surface area contributed by atoms with Gasteiger partial charge in [-0.05, 0) is 56.6 Å². The minimum atomic E-state index is 0.555. The van der Waals surface area contributed by atoms with Crippen molar-refractivity contribution < 1.29 is 0 Å². The SMILES string of the molecule is N#CCCn1nc(C2CCCCC2)c2c1CCCC2CCN. The smallest absolute Gasteiger partial charge is 0.0693 e. The van der Waals surface area contributed by atoms with Crippen LogP contribution in [-0.4, -0.2) is 16.3 Å². The summed E-state index contributed by atoms with van der Waals surface area (Å²) in [5.41, 5.74) is 10.2. The van der Waals surface area contributed by atoms with E-state index < -0.39 is 0 Å². The molecule has 120 valence electrons. The minimum absolute atomic E-state index is 0.555. The van der Waals surface area contributed by atoms with Crippen molar-refractivity contribution in [2.24, 2.45) is 5.73 Å². The normalized spacial score (nSPS) is 22.3. The van der Waals surface area contributed by atoms with E-state index in [9.17, 15) is 0 Å². The van der Waals surface area contributed by atoms with E-state index in [1.807, 2.05) is 0 Å². The molecule has 1 atom stereocenters. The van der Waals surface area contributed by atoms with Gasteiger partial charge in [0.15, 0.2) is 0 Å². The molecule has 2 aliphatic carbocycles. The highest BCUT2D eigenvalue weighted by molar-refractivity contribution is 5.35. The van der Waals surface area contributed by atoms with Gasteiger partial charge < -0.3 is 5.73 Å². The van der Waals surface area contributed by atoms with E-state index in [0.717, 1.165) is 25.9 Å². The zero-order valence-electron chi connectivity index (χ0n) is 13.6. The molecule has 2 aliphatic rings. The van der Waals surface area contributed by atoms with E-state index in [-0.39, 0.29) is 0 Å². The molecule has 0 spiro atoms. The number of hydrogen-bond donors (Lipinski definition) is 1. The molecule has 0 radical (unpaired) electrons. The van der Waals surface area contributed by atoms with Crippen LogP contribution in [0.3, 0.4) is 0 Å². The lowest BCUT2D eigenvalue weighted by atomic mass is 9.78. The van der Waals surface area contributed by atoms with Crippen molar-refractivity contribution in [3.05, 3.63) is 17.0 Å². The number of nitrogens with two attached hydrogens (primary N) is 1. The van der Waals surface area contributed by atoms with E-state index in [4.69, 9.17) is 16.1 Å². The predicted octanol–water partition coefficient (Wildman–Crippen LogP) is 3.61. The van der Waals surface area contributed by atoms with Crippen LogP contribution < -0.4 is 5.73 Å². The van der Waals surface area contributed by atoms with E-state index in [1.54, 1.807) is 0 Å². The molecule has 1 unspecified atom stereocenters. The first-order chi connectivity index (χ1) is 10.8. The fraction of sp³-hybridized carbons (Fsp3) is 0.778. The number of hydrogen-bond acceptors (Lipinski definition) is 3. The lowest BCUT2D eigenvalue weighted by Gasteiger charge is -2.27. The summed E-state index contributed by atoms with van der Waals surface area (Å²) in [6, 6.07) is 2.27. The monoisotopic (exact) mass is 300 g/mol. The molecular weight excluding hydrogens is 272 g/mol. The molecular formula is C18H28N4. The summed E-state index contributed by atoms with van der Waals surface area (Å²) in [7, 11) is 0. The number of rotatable bonds is 5. The van der Waals surface area contributed by atoms with Crippen molar-refractivity contribution >= 4 is 0 Å². The van der Waals surface area contributed by atoms with Crippen molar-refractivity contribution in [1.82, 2.24) is 9.78 Å². The van der Waals surface area contributed by atoms with Gasteiger partial charge in [-0.25, -0.2) is 0 Å². The standard InChI is InChI=1S/C18H28N4/c19-11-5-13-22-16-9-4-8-14(10-12-20)17(16)18(21-22)15-6-2-1-3-7-15/h14-15H,1-10,12-13,20H2. The Bertz CT molecular complexity index is 534. The van der Waals surface area contributed by atoms with Crippen LogP contribution in [0.2, 0.25) is 0 Å². The first kappa shape index (κ1) is 15.6. The zero-order chi connectivity index (χ0) is 15.4. The Morgan fingerprint density at radius 3 is 2.73 bits per heavy atom. The quantitative estimate of drug-likeness (QED) is 0.903. The highest BCUT2D eigenvalue weighted by Crippen LogP contribution is 2.42. The highest BCUT2D eigenvalue weighted by Gasteiger charge is 2.31. The van der Waals surface area contributed by atoms with Crippen molar-refractivity contribution in [1.29, 1.82) is 5.26 Å². The number of fused-ring (bicyclic) bond motifs is 1. The Kier molecular flexibility index (Phi) is 5.15. The largest absolute Gasteiger partial charge is 0.330 e. The maximum absolute atomic E-state index is 8.92. The van der Waals surface area contributed by atoms with Crippen molar-refractivity contribution in [2.75, 3.05) is 6.54 Å². The summed E-state index contributed by atoms with van der Waals surface area (Å²) in [4.78, 5) is 0. The highest BCUT2D eigenvalue weighted by atomic mass is 15.3. The molecule has 0 aliphatic heterocycles. The summed E-state index contributed by atoms with van der Waals surface area (Å²) < 4.78 is 2.16. The number of aryl methyl sites for hydroxylation is 1. The van der Waals surface area contributed by atoms with Crippen LogP contribution in [0.25, 0.3) is 0 Å². The summed E-state index contributed by atoms with van der Waals surface area (Å²) in [6.07, 6.45) is 11.9. The summed E-state index contributed by atoms with van der Waals surface area (Å²) in [5, 5.41) is 13.9. The topological polar surface area (TPSA) is 67.6 Å². The lowest BCUT2D eigenvalue weighted by Crippen LogP contribution is -2.17. The molecule has 3 rings (SSSR count). The number of nitrogens with zero attached hydrogens (tertiary/aromatic N) is 3. The minimum Gasteiger partial charge on any atom is -0.330 e. The van der Waals surface area contributed by atoms with Crippen LogP contribution in [-0.2, 0) is 13.0 Å². The second-order valence-electron chi connectivity index (χ2n) is 6.88. The lowest BCUT2D eigenvalue weighted by molar-refractivity contribution is 0.426. The van der Waals surface area contributed by atoms with Crippen LogP contribution in [0.15, 0.2) is 0 Å². The molecule has 4 nitrogen and oxygen atoms in total. The number of nitriles is 1.